The Balaban J connectivity index is 1.91. The number of hydrogen-bond donors (Lipinski definition) is 1. The van der Waals surface area contributed by atoms with Crippen LogP contribution in [0, 0.1) is 0 Å². The van der Waals surface area contributed by atoms with E-state index in [9.17, 15) is 4.79 Å². The summed E-state index contributed by atoms with van der Waals surface area (Å²) in [6.45, 7) is 8.81. The van der Waals surface area contributed by atoms with Gasteiger partial charge < -0.3 is 15.0 Å². The van der Waals surface area contributed by atoms with Gasteiger partial charge in [0.25, 0.3) is 0 Å². The molecular formula is C18H34N2O2. The molecule has 2 fully saturated rings. The van der Waals surface area contributed by atoms with Crippen LogP contribution in [0.15, 0.2) is 0 Å². The first-order chi connectivity index (χ1) is 10.4. The lowest BCUT2D eigenvalue weighted by Gasteiger charge is -2.28. The number of carbonyl (C=O) groups is 1. The van der Waals surface area contributed by atoms with E-state index in [0.717, 1.165) is 25.8 Å². The minimum atomic E-state index is -0.414. The maximum absolute atomic E-state index is 12.5. The van der Waals surface area contributed by atoms with Crippen LogP contribution >= 0.6 is 0 Å². The fourth-order valence-corrected chi connectivity index (χ4v) is 3.79. The van der Waals surface area contributed by atoms with Crippen LogP contribution in [-0.2, 0) is 4.74 Å². The molecule has 4 nitrogen and oxygen atoms in total. The molecule has 0 spiro atoms. The summed E-state index contributed by atoms with van der Waals surface area (Å²) in [6, 6.07) is 1.42. The summed E-state index contributed by atoms with van der Waals surface area (Å²) in [5, 5.41) is 3.80. The summed E-state index contributed by atoms with van der Waals surface area (Å²) in [5.74, 6) is 0. The number of amides is 1. The van der Waals surface area contributed by atoms with E-state index in [1.165, 1.54) is 32.1 Å². The summed E-state index contributed by atoms with van der Waals surface area (Å²) in [5.41, 5.74) is -0.414. The molecule has 0 radical (unpaired) electrons. The average Bonchev–Trinajstić information content (AvgIpc) is 2.81. The second-order valence-corrected chi connectivity index (χ2v) is 8.01. The lowest BCUT2D eigenvalue weighted by molar-refractivity contribution is 0.0216. The van der Waals surface area contributed by atoms with Gasteiger partial charge in [-0.1, -0.05) is 32.6 Å². The van der Waals surface area contributed by atoms with Gasteiger partial charge in [-0.25, -0.2) is 4.79 Å². The standard InChI is InChI=1S/C18H34N2O2/c1-5-9-16-12-15(19-14-10-7-6-8-11-14)13-20(16)17(21)22-18(2,3)4/h14-16,19H,5-13H2,1-4H3/t15-,16-/m0/s1. The van der Waals surface area contributed by atoms with E-state index in [-0.39, 0.29) is 6.09 Å². The van der Waals surface area contributed by atoms with Crippen molar-refractivity contribution < 1.29 is 9.53 Å². The fraction of sp³-hybridized carbons (Fsp3) is 0.944. The van der Waals surface area contributed by atoms with Gasteiger partial charge in [0, 0.05) is 24.7 Å². The molecule has 2 aliphatic rings. The van der Waals surface area contributed by atoms with Gasteiger partial charge in [0.05, 0.1) is 0 Å². The molecule has 0 unspecified atom stereocenters. The summed E-state index contributed by atoms with van der Waals surface area (Å²) in [6.07, 6.45) is 9.77. The molecule has 4 heteroatoms. The maximum atomic E-state index is 12.5. The third-order valence-electron chi connectivity index (χ3n) is 4.74. The number of rotatable bonds is 4. The third-order valence-corrected chi connectivity index (χ3v) is 4.74. The molecule has 22 heavy (non-hydrogen) atoms. The molecule has 1 saturated carbocycles. The largest absolute Gasteiger partial charge is 0.444 e. The zero-order valence-electron chi connectivity index (χ0n) is 14.9. The zero-order chi connectivity index (χ0) is 16.2. The second-order valence-electron chi connectivity index (χ2n) is 8.01. The van der Waals surface area contributed by atoms with E-state index in [2.05, 4.69) is 12.2 Å². The van der Waals surface area contributed by atoms with Gasteiger partial charge in [0.15, 0.2) is 0 Å². The van der Waals surface area contributed by atoms with E-state index in [1.54, 1.807) is 0 Å². The number of carbonyl (C=O) groups excluding carboxylic acids is 1. The van der Waals surface area contributed by atoms with Crippen LogP contribution in [0.4, 0.5) is 4.79 Å². The fourth-order valence-electron chi connectivity index (χ4n) is 3.79. The number of nitrogens with zero attached hydrogens (tertiary/aromatic N) is 1. The molecule has 1 heterocycles. The Labute approximate surface area is 136 Å². The minimum absolute atomic E-state index is 0.140. The minimum Gasteiger partial charge on any atom is -0.444 e. The molecule has 1 amide bonds. The number of likely N-dealkylation sites (tertiary alicyclic amines) is 1. The average molecular weight is 310 g/mol. The highest BCUT2D eigenvalue weighted by Gasteiger charge is 2.37. The van der Waals surface area contributed by atoms with Crippen molar-refractivity contribution in [2.24, 2.45) is 0 Å². The maximum Gasteiger partial charge on any atom is 0.410 e. The molecular weight excluding hydrogens is 276 g/mol. The molecule has 0 aromatic heterocycles. The van der Waals surface area contributed by atoms with Crippen LogP contribution in [0.25, 0.3) is 0 Å². The van der Waals surface area contributed by atoms with Crippen LogP contribution < -0.4 is 5.32 Å². The first-order valence-corrected chi connectivity index (χ1v) is 9.14. The summed E-state index contributed by atoms with van der Waals surface area (Å²) in [7, 11) is 0. The van der Waals surface area contributed by atoms with Gasteiger partial charge in [-0.2, -0.15) is 0 Å². The van der Waals surface area contributed by atoms with Crippen LogP contribution in [0.1, 0.15) is 79.1 Å². The van der Waals surface area contributed by atoms with Crippen molar-refractivity contribution in [3.05, 3.63) is 0 Å². The lowest BCUT2D eigenvalue weighted by atomic mass is 9.94. The molecule has 2 atom stereocenters. The Bertz CT molecular complexity index is 359. The van der Waals surface area contributed by atoms with Crippen molar-refractivity contribution in [2.45, 2.75) is 103 Å². The molecule has 1 saturated heterocycles. The smallest absolute Gasteiger partial charge is 0.410 e. The number of hydrogen-bond acceptors (Lipinski definition) is 3. The SMILES string of the molecule is CCC[C@H]1C[C@H](NC2CCCCC2)CN1C(=O)OC(C)(C)C. The number of ether oxygens (including phenoxy) is 1. The quantitative estimate of drug-likeness (QED) is 0.850. The van der Waals surface area contributed by atoms with Crippen molar-refractivity contribution in [1.29, 1.82) is 0 Å². The molecule has 0 bridgehead atoms. The lowest BCUT2D eigenvalue weighted by Crippen LogP contribution is -2.43. The Morgan fingerprint density at radius 2 is 1.86 bits per heavy atom. The highest BCUT2D eigenvalue weighted by atomic mass is 16.6. The summed E-state index contributed by atoms with van der Waals surface area (Å²) >= 11 is 0. The molecule has 2 rings (SSSR count). The molecule has 1 aliphatic heterocycles. The molecule has 0 aromatic rings. The van der Waals surface area contributed by atoms with Gasteiger partial charge in [-0.05, 0) is 46.5 Å². The normalized spacial score (nSPS) is 27.2. The first-order valence-electron chi connectivity index (χ1n) is 9.14. The van der Waals surface area contributed by atoms with Gasteiger partial charge >= 0.3 is 6.09 Å². The van der Waals surface area contributed by atoms with Crippen LogP contribution in [0.5, 0.6) is 0 Å². The monoisotopic (exact) mass is 310 g/mol. The molecule has 128 valence electrons. The Morgan fingerprint density at radius 1 is 1.18 bits per heavy atom. The highest BCUT2D eigenvalue weighted by molar-refractivity contribution is 5.69. The van der Waals surface area contributed by atoms with Crippen molar-refractivity contribution in [2.75, 3.05) is 6.54 Å². The van der Waals surface area contributed by atoms with E-state index in [4.69, 9.17) is 4.74 Å². The van der Waals surface area contributed by atoms with Crippen LogP contribution in [0.3, 0.4) is 0 Å². The van der Waals surface area contributed by atoms with Crippen molar-refractivity contribution in [3.63, 3.8) is 0 Å². The molecule has 1 aliphatic carbocycles. The second kappa shape index (κ2) is 7.67. The predicted octanol–water partition coefficient (Wildman–Crippen LogP) is 4.09. The van der Waals surface area contributed by atoms with E-state index >= 15 is 0 Å². The van der Waals surface area contributed by atoms with E-state index < -0.39 is 5.60 Å². The Morgan fingerprint density at radius 3 is 2.45 bits per heavy atom. The number of nitrogens with one attached hydrogen (secondary N) is 1. The predicted molar refractivity (Wildman–Crippen MR) is 90.0 cm³/mol. The van der Waals surface area contributed by atoms with E-state index in [0.29, 0.717) is 18.1 Å². The van der Waals surface area contributed by atoms with Gasteiger partial charge in [0.1, 0.15) is 5.60 Å². The van der Waals surface area contributed by atoms with Gasteiger partial charge in [-0.15, -0.1) is 0 Å². The first kappa shape index (κ1) is 17.6. The molecule has 0 aromatic carbocycles. The van der Waals surface area contributed by atoms with Crippen molar-refractivity contribution in [1.82, 2.24) is 10.2 Å². The van der Waals surface area contributed by atoms with Gasteiger partial charge in [-0.3, -0.25) is 0 Å². The van der Waals surface area contributed by atoms with Gasteiger partial charge in [0.2, 0.25) is 0 Å². The van der Waals surface area contributed by atoms with Crippen molar-refractivity contribution >= 4 is 6.09 Å². The van der Waals surface area contributed by atoms with E-state index in [1.807, 2.05) is 25.7 Å². The van der Waals surface area contributed by atoms with Crippen molar-refractivity contribution in [3.8, 4) is 0 Å². The molecule has 1 N–H and O–H groups in total. The Kier molecular flexibility index (Phi) is 6.13. The topological polar surface area (TPSA) is 41.6 Å². The third kappa shape index (κ3) is 5.15. The Hall–Kier alpha value is -0.770. The summed E-state index contributed by atoms with van der Waals surface area (Å²) < 4.78 is 5.60. The highest BCUT2D eigenvalue weighted by Crippen LogP contribution is 2.26. The van der Waals surface area contributed by atoms with Crippen LogP contribution in [0.2, 0.25) is 0 Å². The zero-order valence-corrected chi connectivity index (χ0v) is 14.9. The van der Waals surface area contributed by atoms with Crippen LogP contribution in [-0.4, -0.2) is 41.3 Å². The summed E-state index contributed by atoms with van der Waals surface area (Å²) in [4.78, 5) is 14.4.